The van der Waals surface area contributed by atoms with E-state index in [0.717, 1.165) is 23.3 Å². The number of phenols is 4. The van der Waals surface area contributed by atoms with Gasteiger partial charge in [-0.2, -0.15) is 0 Å². The van der Waals surface area contributed by atoms with Crippen molar-refractivity contribution in [1.29, 1.82) is 0 Å². The molecule has 0 fully saturated rings. The number of carbonyl (C=O) groups is 1. The highest BCUT2D eigenvalue weighted by Crippen LogP contribution is 2.41. The van der Waals surface area contributed by atoms with E-state index in [1.165, 1.54) is 31.4 Å². The zero-order valence-electron chi connectivity index (χ0n) is 18.8. The molecule has 1 atom stereocenters. The van der Waals surface area contributed by atoms with Crippen LogP contribution in [0.25, 0.3) is 6.08 Å². The fourth-order valence-electron chi connectivity index (χ4n) is 3.34. The summed E-state index contributed by atoms with van der Waals surface area (Å²) < 4.78 is 5.45. The molecule has 170 valence electrons. The van der Waals surface area contributed by atoms with Gasteiger partial charge in [0, 0.05) is 23.3 Å². The summed E-state index contributed by atoms with van der Waals surface area (Å²) in [5, 5.41) is 40.2. The minimum atomic E-state index is -0.566. The van der Waals surface area contributed by atoms with Crippen molar-refractivity contribution in [1.82, 2.24) is 0 Å². The van der Waals surface area contributed by atoms with Crippen LogP contribution < -0.4 is 4.74 Å². The third-order valence-electron chi connectivity index (χ3n) is 5.18. The van der Waals surface area contributed by atoms with Crippen molar-refractivity contribution in [3.8, 4) is 28.7 Å². The highest BCUT2D eigenvalue weighted by molar-refractivity contribution is 6.11. The van der Waals surface area contributed by atoms with Crippen molar-refractivity contribution in [2.75, 3.05) is 7.11 Å². The maximum atomic E-state index is 12.9. The van der Waals surface area contributed by atoms with E-state index in [1.54, 1.807) is 0 Å². The number of methoxy groups -OCH3 is 1. The van der Waals surface area contributed by atoms with Gasteiger partial charge in [-0.1, -0.05) is 23.8 Å². The molecule has 32 heavy (non-hydrogen) atoms. The second-order valence-corrected chi connectivity index (χ2v) is 8.01. The fourth-order valence-corrected chi connectivity index (χ4v) is 3.34. The van der Waals surface area contributed by atoms with Crippen molar-refractivity contribution in [3.05, 3.63) is 70.8 Å². The molecule has 6 nitrogen and oxygen atoms in total. The van der Waals surface area contributed by atoms with E-state index in [-0.39, 0.29) is 34.5 Å². The van der Waals surface area contributed by atoms with Crippen LogP contribution in [-0.4, -0.2) is 33.3 Å². The SMILES string of the molecule is C=C(C)C(CC=C(C)C)Cc1c(O)cc(O)c(C(=O)C=Cc2ccc(O)cc2O)c1OC. The molecule has 0 saturated carbocycles. The molecule has 4 N–H and O–H groups in total. The quantitative estimate of drug-likeness (QED) is 0.234. The Morgan fingerprint density at radius 2 is 1.75 bits per heavy atom. The van der Waals surface area contributed by atoms with Crippen molar-refractivity contribution >= 4 is 11.9 Å². The summed E-state index contributed by atoms with van der Waals surface area (Å²) in [5.74, 6) is -1.35. The Labute approximate surface area is 188 Å². The van der Waals surface area contributed by atoms with E-state index in [2.05, 4.69) is 12.7 Å². The Bertz CT molecular complexity index is 1070. The highest BCUT2D eigenvalue weighted by atomic mass is 16.5. The zero-order valence-corrected chi connectivity index (χ0v) is 18.8. The van der Waals surface area contributed by atoms with E-state index in [0.29, 0.717) is 24.0 Å². The molecule has 0 radical (unpaired) electrons. The van der Waals surface area contributed by atoms with Gasteiger partial charge in [0.05, 0.1) is 7.11 Å². The summed E-state index contributed by atoms with van der Waals surface area (Å²) >= 11 is 0. The van der Waals surface area contributed by atoms with Crippen LogP contribution in [0.4, 0.5) is 0 Å². The fraction of sp³-hybridized carbons (Fsp3) is 0.269. The highest BCUT2D eigenvalue weighted by Gasteiger charge is 2.25. The smallest absolute Gasteiger partial charge is 0.193 e. The number of aromatic hydroxyl groups is 4. The second-order valence-electron chi connectivity index (χ2n) is 8.01. The zero-order chi connectivity index (χ0) is 24.0. The monoisotopic (exact) mass is 438 g/mol. The van der Waals surface area contributed by atoms with Gasteiger partial charge in [-0.3, -0.25) is 4.79 Å². The number of ketones is 1. The summed E-state index contributed by atoms with van der Waals surface area (Å²) in [5.41, 5.74) is 2.73. The average Bonchev–Trinajstić information content (AvgIpc) is 2.70. The Balaban J connectivity index is 2.47. The van der Waals surface area contributed by atoms with Crippen molar-refractivity contribution in [3.63, 3.8) is 0 Å². The summed E-state index contributed by atoms with van der Waals surface area (Å²) in [4.78, 5) is 12.9. The van der Waals surface area contributed by atoms with Crippen LogP contribution in [0.1, 0.15) is 48.7 Å². The van der Waals surface area contributed by atoms with E-state index in [1.807, 2.05) is 20.8 Å². The van der Waals surface area contributed by atoms with E-state index < -0.39 is 11.5 Å². The molecule has 0 aliphatic carbocycles. The molecule has 0 amide bonds. The molecule has 0 aliphatic rings. The van der Waals surface area contributed by atoms with Gasteiger partial charge in [0.2, 0.25) is 0 Å². The summed E-state index contributed by atoms with van der Waals surface area (Å²) in [6.07, 6.45) is 5.72. The third-order valence-corrected chi connectivity index (χ3v) is 5.18. The summed E-state index contributed by atoms with van der Waals surface area (Å²) in [6, 6.07) is 5.12. The minimum absolute atomic E-state index is 0.00156. The van der Waals surface area contributed by atoms with Gasteiger partial charge >= 0.3 is 0 Å². The van der Waals surface area contributed by atoms with Crippen LogP contribution in [0.5, 0.6) is 28.7 Å². The molecule has 0 spiro atoms. The maximum Gasteiger partial charge on any atom is 0.193 e. The molecule has 2 rings (SSSR count). The Morgan fingerprint density at radius 1 is 1.06 bits per heavy atom. The van der Waals surface area contributed by atoms with Gasteiger partial charge in [-0.05, 0) is 63.8 Å². The van der Waals surface area contributed by atoms with Gasteiger partial charge in [-0.15, -0.1) is 0 Å². The van der Waals surface area contributed by atoms with Crippen LogP contribution in [0.15, 0.2) is 54.1 Å². The van der Waals surface area contributed by atoms with Gasteiger partial charge in [-0.25, -0.2) is 0 Å². The molecule has 0 saturated heterocycles. The lowest BCUT2D eigenvalue weighted by Gasteiger charge is -2.20. The first kappa shape index (κ1) is 24.6. The first-order valence-electron chi connectivity index (χ1n) is 10.2. The summed E-state index contributed by atoms with van der Waals surface area (Å²) in [6.45, 7) is 9.96. The molecule has 0 aliphatic heterocycles. The van der Waals surface area contributed by atoms with Gasteiger partial charge in [0.1, 0.15) is 34.3 Å². The molecule has 0 aromatic heterocycles. The molecule has 0 bridgehead atoms. The Kier molecular flexibility index (Phi) is 8.13. The molecular formula is C26H30O6. The topological polar surface area (TPSA) is 107 Å². The first-order chi connectivity index (χ1) is 15.0. The minimum Gasteiger partial charge on any atom is -0.508 e. The number of ether oxygens (including phenoxy) is 1. The lowest BCUT2D eigenvalue weighted by Crippen LogP contribution is -2.09. The number of allylic oxidation sites excluding steroid dienone is 4. The normalized spacial score (nSPS) is 11.9. The number of phenolic OH excluding ortho intramolecular Hbond substituents is 4. The van der Waals surface area contributed by atoms with Crippen LogP contribution in [-0.2, 0) is 6.42 Å². The van der Waals surface area contributed by atoms with Crippen molar-refractivity contribution < 1.29 is 30.0 Å². The lowest BCUT2D eigenvalue weighted by molar-refractivity contribution is 0.104. The van der Waals surface area contributed by atoms with Gasteiger partial charge < -0.3 is 25.2 Å². The number of benzene rings is 2. The summed E-state index contributed by atoms with van der Waals surface area (Å²) in [7, 11) is 1.37. The standard InChI is InChI=1S/C26H30O6/c1-15(2)6-7-18(16(3)4)12-20-23(30)14-24(31)25(26(20)32-5)21(28)11-9-17-8-10-19(27)13-22(17)29/h6,8-11,13-14,18,27,29-31H,3,7,12H2,1-2,4-5H3. The molecule has 0 heterocycles. The molecule has 2 aromatic carbocycles. The largest absolute Gasteiger partial charge is 0.508 e. The predicted octanol–water partition coefficient (Wildman–Crippen LogP) is 5.50. The number of carbonyl (C=O) groups excluding carboxylic acids is 1. The molecule has 2 aromatic rings. The van der Waals surface area contributed by atoms with E-state index in [9.17, 15) is 25.2 Å². The molecule has 6 heteroatoms. The molecular weight excluding hydrogens is 408 g/mol. The second kappa shape index (κ2) is 10.6. The van der Waals surface area contributed by atoms with Crippen LogP contribution in [0.2, 0.25) is 0 Å². The number of hydrogen-bond acceptors (Lipinski definition) is 6. The van der Waals surface area contributed by atoms with Gasteiger partial charge in [0.15, 0.2) is 5.78 Å². The van der Waals surface area contributed by atoms with Crippen LogP contribution >= 0.6 is 0 Å². The van der Waals surface area contributed by atoms with Crippen molar-refractivity contribution in [2.45, 2.75) is 33.6 Å². The Hall–Kier alpha value is -3.67. The van der Waals surface area contributed by atoms with E-state index in [4.69, 9.17) is 4.74 Å². The number of hydrogen-bond donors (Lipinski definition) is 4. The average molecular weight is 439 g/mol. The maximum absolute atomic E-state index is 12.9. The predicted molar refractivity (Wildman–Crippen MR) is 126 cm³/mol. The third kappa shape index (κ3) is 5.94. The number of rotatable bonds is 9. The van der Waals surface area contributed by atoms with E-state index >= 15 is 0 Å². The van der Waals surface area contributed by atoms with Gasteiger partial charge in [0.25, 0.3) is 0 Å². The van der Waals surface area contributed by atoms with Crippen LogP contribution in [0, 0.1) is 5.92 Å². The first-order valence-corrected chi connectivity index (χ1v) is 10.2. The molecule has 1 unspecified atom stereocenters. The van der Waals surface area contributed by atoms with Crippen molar-refractivity contribution in [2.24, 2.45) is 5.92 Å². The Morgan fingerprint density at radius 3 is 2.31 bits per heavy atom. The van der Waals surface area contributed by atoms with Crippen LogP contribution in [0.3, 0.4) is 0 Å². The lowest BCUT2D eigenvalue weighted by atomic mass is 9.88.